The van der Waals surface area contributed by atoms with Gasteiger partial charge in [-0.05, 0) is 137 Å². The van der Waals surface area contributed by atoms with Crippen molar-refractivity contribution in [2.75, 3.05) is 9.80 Å². The monoisotopic (exact) mass is 774 g/mol. The first-order chi connectivity index (χ1) is 30.2. The Morgan fingerprint density at radius 2 is 0.689 bits per heavy atom. The van der Waals surface area contributed by atoms with Crippen LogP contribution in [0.25, 0.3) is 86.2 Å². The highest BCUT2D eigenvalue weighted by Gasteiger charge is 2.23. The first-order valence-corrected chi connectivity index (χ1v) is 21.2. The molecule has 284 valence electrons. The molecule has 13 rings (SSSR count). The summed E-state index contributed by atoms with van der Waals surface area (Å²) in [5.74, 6) is 0. The van der Waals surface area contributed by atoms with Crippen molar-refractivity contribution in [3.63, 3.8) is 0 Å². The van der Waals surface area contributed by atoms with Crippen LogP contribution < -0.4 is 9.80 Å². The summed E-state index contributed by atoms with van der Waals surface area (Å²) in [6.07, 6.45) is 0. The molecule has 0 spiro atoms. The molecular formula is C59H38N2. The number of hydrogen-bond donors (Lipinski definition) is 0. The SMILES string of the molecule is Cc1cc(N(c2ccccc2)c2ccc3ccc4cccc5ccc2c3c45)c2ccc3cc(N(c4ccccc4)c4ccc5ccc6cccc7ccc4c5c67)ccc3c2c1. The van der Waals surface area contributed by atoms with Gasteiger partial charge >= 0.3 is 0 Å². The lowest BCUT2D eigenvalue weighted by molar-refractivity contribution is 1.30. The van der Waals surface area contributed by atoms with E-state index in [1.165, 1.54) is 109 Å². The molecular weight excluding hydrogens is 737 g/mol. The summed E-state index contributed by atoms with van der Waals surface area (Å²) in [5.41, 5.74) is 8.11. The van der Waals surface area contributed by atoms with Gasteiger partial charge in [-0.15, -0.1) is 0 Å². The smallest absolute Gasteiger partial charge is 0.0543 e. The zero-order chi connectivity index (χ0) is 40.2. The van der Waals surface area contributed by atoms with Crippen LogP contribution in [0.3, 0.4) is 0 Å². The maximum absolute atomic E-state index is 2.48. The fraction of sp³-hybridized carbons (Fsp3) is 0.0169. The van der Waals surface area contributed by atoms with Gasteiger partial charge in [0.1, 0.15) is 0 Å². The minimum atomic E-state index is 1.13. The van der Waals surface area contributed by atoms with E-state index in [2.05, 4.69) is 229 Å². The molecule has 2 nitrogen and oxygen atoms in total. The molecule has 0 radical (unpaired) electrons. The van der Waals surface area contributed by atoms with Crippen LogP contribution in [0.4, 0.5) is 34.1 Å². The first kappa shape index (κ1) is 34.0. The van der Waals surface area contributed by atoms with Crippen LogP contribution in [0.2, 0.25) is 0 Å². The van der Waals surface area contributed by atoms with Crippen molar-refractivity contribution in [2.24, 2.45) is 0 Å². The Balaban J connectivity index is 1.02. The Labute approximate surface area is 353 Å². The van der Waals surface area contributed by atoms with Crippen LogP contribution in [-0.2, 0) is 0 Å². The fourth-order valence-electron chi connectivity index (χ4n) is 10.4. The molecule has 0 atom stereocenters. The van der Waals surface area contributed by atoms with Crippen molar-refractivity contribution in [3.05, 3.63) is 218 Å². The van der Waals surface area contributed by atoms with E-state index in [1.807, 2.05) is 0 Å². The van der Waals surface area contributed by atoms with Crippen LogP contribution >= 0.6 is 0 Å². The van der Waals surface area contributed by atoms with Gasteiger partial charge in [0.15, 0.2) is 0 Å². The van der Waals surface area contributed by atoms with Crippen molar-refractivity contribution in [1.82, 2.24) is 0 Å². The summed E-state index contributed by atoms with van der Waals surface area (Å²) in [4.78, 5) is 4.91. The number of anilines is 6. The van der Waals surface area contributed by atoms with Crippen LogP contribution in [-0.4, -0.2) is 0 Å². The van der Waals surface area contributed by atoms with Crippen molar-refractivity contribution >= 4 is 120 Å². The molecule has 0 aromatic heterocycles. The third-order valence-corrected chi connectivity index (χ3v) is 13.1. The molecule has 0 unspecified atom stereocenters. The highest BCUT2D eigenvalue weighted by molar-refractivity contribution is 6.27. The summed E-state index contributed by atoms with van der Waals surface area (Å²) in [6, 6.07) is 78.8. The van der Waals surface area contributed by atoms with Gasteiger partial charge in [-0.3, -0.25) is 0 Å². The largest absolute Gasteiger partial charge is 0.310 e. The number of fused-ring (bicyclic) bond motifs is 3. The summed E-state index contributed by atoms with van der Waals surface area (Å²) >= 11 is 0. The van der Waals surface area contributed by atoms with E-state index in [9.17, 15) is 0 Å². The Morgan fingerprint density at radius 1 is 0.246 bits per heavy atom. The zero-order valence-electron chi connectivity index (χ0n) is 33.6. The predicted molar refractivity (Wildman–Crippen MR) is 263 cm³/mol. The molecule has 0 aliphatic carbocycles. The minimum Gasteiger partial charge on any atom is -0.310 e. The van der Waals surface area contributed by atoms with E-state index in [-0.39, 0.29) is 0 Å². The number of nitrogens with zero attached hydrogens (tertiary/aromatic N) is 2. The molecule has 61 heavy (non-hydrogen) atoms. The molecule has 2 heteroatoms. The molecule has 13 aromatic rings. The van der Waals surface area contributed by atoms with Gasteiger partial charge in [0, 0.05) is 33.2 Å². The number of benzene rings is 13. The molecule has 0 bridgehead atoms. The minimum absolute atomic E-state index is 1.13. The lowest BCUT2D eigenvalue weighted by Crippen LogP contribution is -2.11. The number of hydrogen-bond acceptors (Lipinski definition) is 2. The molecule has 0 aliphatic heterocycles. The molecule has 0 aliphatic rings. The molecule has 0 heterocycles. The molecule has 0 fully saturated rings. The van der Waals surface area contributed by atoms with Crippen LogP contribution in [0.5, 0.6) is 0 Å². The highest BCUT2D eigenvalue weighted by atomic mass is 15.2. The molecule has 13 aromatic carbocycles. The molecule has 0 saturated carbocycles. The number of rotatable bonds is 6. The van der Waals surface area contributed by atoms with E-state index >= 15 is 0 Å². The first-order valence-electron chi connectivity index (χ1n) is 21.2. The average molecular weight is 775 g/mol. The summed E-state index contributed by atoms with van der Waals surface area (Å²) in [5, 5.41) is 20.3. The lowest BCUT2D eigenvalue weighted by atomic mass is 9.92. The van der Waals surface area contributed by atoms with Crippen LogP contribution in [0.15, 0.2) is 212 Å². The van der Waals surface area contributed by atoms with Gasteiger partial charge in [0.05, 0.1) is 17.1 Å². The van der Waals surface area contributed by atoms with E-state index in [0.717, 1.165) is 17.1 Å². The fourth-order valence-corrected chi connectivity index (χ4v) is 10.4. The van der Waals surface area contributed by atoms with Gasteiger partial charge in [-0.25, -0.2) is 0 Å². The second-order valence-electron chi connectivity index (χ2n) is 16.6. The summed E-state index contributed by atoms with van der Waals surface area (Å²) < 4.78 is 0. The van der Waals surface area contributed by atoms with Crippen molar-refractivity contribution in [2.45, 2.75) is 6.92 Å². The van der Waals surface area contributed by atoms with Gasteiger partial charge in [0.2, 0.25) is 0 Å². The summed E-state index contributed by atoms with van der Waals surface area (Å²) in [6.45, 7) is 2.23. The maximum atomic E-state index is 2.48. The van der Waals surface area contributed by atoms with E-state index < -0.39 is 0 Å². The van der Waals surface area contributed by atoms with Crippen LogP contribution in [0, 0.1) is 6.92 Å². The Morgan fingerprint density at radius 3 is 1.26 bits per heavy atom. The average Bonchev–Trinajstić information content (AvgIpc) is 3.31. The molecule has 0 N–H and O–H groups in total. The van der Waals surface area contributed by atoms with Crippen LogP contribution in [0.1, 0.15) is 5.56 Å². The third-order valence-electron chi connectivity index (χ3n) is 13.1. The normalized spacial score (nSPS) is 12.0. The van der Waals surface area contributed by atoms with Gasteiger partial charge < -0.3 is 9.80 Å². The van der Waals surface area contributed by atoms with E-state index in [4.69, 9.17) is 0 Å². The maximum Gasteiger partial charge on any atom is 0.0543 e. The Hall–Kier alpha value is -7.94. The Kier molecular flexibility index (Phi) is 7.26. The number of aryl methyl sites for hydroxylation is 1. The predicted octanol–water partition coefficient (Wildman–Crippen LogP) is 17.0. The standard InChI is InChI=1S/C59H38N2/c1-37-34-52-48-31-27-47(60(45-14-4-2-5-15-45)53-32-25-42-20-18-38-10-8-12-40-22-29-50(53)58(42)56(38)40)36-44(48)24-28-49(52)55(35-37)61(46-16-6-3-7-17-46)54-33-26-43-21-19-39-11-9-13-41-23-30-51(54)59(43)57(39)41/h2-36H,1H3. The van der Waals surface area contributed by atoms with Crippen molar-refractivity contribution in [1.29, 1.82) is 0 Å². The topological polar surface area (TPSA) is 6.48 Å². The van der Waals surface area contributed by atoms with Crippen molar-refractivity contribution < 1.29 is 0 Å². The van der Waals surface area contributed by atoms with Gasteiger partial charge in [0.25, 0.3) is 0 Å². The van der Waals surface area contributed by atoms with Crippen molar-refractivity contribution in [3.8, 4) is 0 Å². The quantitative estimate of drug-likeness (QED) is 0.155. The molecule has 0 saturated heterocycles. The summed E-state index contributed by atoms with van der Waals surface area (Å²) in [7, 11) is 0. The second-order valence-corrected chi connectivity index (χ2v) is 16.6. The van der Waals surface area contributed by atoms with E-state index in [0.29, 0.717) is 0 Å². The van der Waals surface area contributed by atoms with Gasteiger partial charge in [-0.2, -0.15) is 0 Å². The Bertz CT molecular complexity index is 3800. The van der Waals surface area contributed by atoms with E-state index in [1.54, 1.807) is 0 Å². The van der Waals surface area contributed by atoms with Gasteiger partial charge in [-0.1, -0.05) is 158 Å². The zero-order valence-corrected chi connectivity index (χ0v) is 33.6. The number of para-hydroxylation sites is 2. The lowest BCUT2D eigenvalue weighted by Gasteiger charge is -2.30. The second kappa shape index (κ2) is 13.0. The third kappa shape index (κ3) is 5.09. The highest BCUT2D eigenvalue weighted by Crippen LogP contribution is 2.48. The molecule has 0 amide bonds.